The van der Waals surface area contributed by atoms with Crippen molar-refractivity contribution in [2.24, 2.45) is 9.98 Å². The molecule has 1 saturated carbocycles. The van der Waals surface area contributed by atoms with E-state index in [1.807, 2.05) is 36.4 Å². The second-order valence-electron chi connectivity index (χ2n) is 15.7. The smallest absolute Gasteiger partial charge is 0.136 e. The molecule has 0 aliphatic heterocycles. The van der Waals surface area contributed by atoms with E-state index in [0.29, 0.717) is 18.4 Å². The Labute approximate surface area is 315 Å². The Morgan fingerprint density at radius 2 is 1.37 bits per heavy atom. The molecule has 258 valence electrons. The summed E-state index contributed by atoms with van der Waals surface area (Å²) in [6.07, 6.45) is 1.27. The fraction of sp³-hybridized carbons (Fsp3) is 0.137. The molecule has 1 heterocycles. The van der Waals surface area contributed by atoms with Gasteiger partial charge in [0.2, 0.25) is 0 Å². The molecule has 0 bridgehead atoms. The molecule has 2 unspecified atom stereocenters. The second kappa shape index (κ2) is 11.6. The Balaban J connectivity index is 1.03. The fourth-order valence-electron chi connectivity index (χ4n) is 9.68. The van der Waals surface area contributed by atoms with E-state index in [1.54, 1.807) is 0 Å². The molecule has 1 fully saturated rings. The summed E-state index contributed by atoms with van der Waals surface area (Å²) in [5.41, 5.74) is 20.1. The predicted octanol–water partition coefficient (Wildman–Crippen LogP) is 13.2. The van der Waals surface area contributed by atoms with Crippen molar-refractivity contribution in [2.45, 2.75) is 44.1 Å². The van der Waals surface area contributed by atoms with Crippen LogP contribution in [0.25, 0.3) is 55.3 Å². The van der Waals surface area contributed by atoms with E-state index >= 15 is 0 Å². The summed E-state index contributed by atoms with van der Waals surface area (Å²) in [5, 5.41) is 2.14. The molecule has 0 N–H and O–H groups in total. The number of hydrogen-bond acceptors (Lipinski definition) is 3. The minimum absolute atomic E-state index is 0.161. The SMILES string of the molecule is C=Nc1ccccc1C(=NCc1cccc2c1-c1ccc(-c3ccc4c(c3)-c3ccccc3C3CC43)cc1C2(C)C)c1cccc2oc3ccccc3c12. The first-order valence-electron chi connectivity index (χ1n) is 19.0. The summed E-state index contributed by atoms with van der Waals surface area (Å²) in [7, 11) is 0. The molecular weight excluding hydrogens is 657 g/mol. The molecule has 11 rings (SSSR count). The van der Waals surface area contributed by atoms with Crippen LogP contribution in [0.1, 0.15) is 71.0 Å². The Hall–Kier alpha value is -6.32. The normalized spacial score (nSPS) is 17.4. The van der Waals surface area contributed by atoms with Gasteiger partial charge in [0.05, 0.1) is 17.9 Å². The average Bonchev–Trinajstić information content (AvgIpc) is 3.88. The molecular formula is C51H38N2O. The van der Waals surface area contributed by atoms with E-state index in [0.717, 1.165) is 44.5 Å². The topological polar surface area (TPSA) is 37.9 Å². The van der Waals surface area contributed by atoms with Gasteiger partial charge in [-0.3, -0.25) is 9.98 Å². The van der Waals surface area contributed by atoms with E-state index in [4.69, 9.17) is 9.41 Å². The molecule has 3 nitrogen and oxygen atoms in total. The van der Waals surface area contributed by atoms with Crippen molar-refractivity contribution in [2.75, 3.05) is 0 Å². The van der Waals surface area contributed by atoms with Gasteiger partial charge >= 0.3 is 0 Å². The number of hydrogen-bond donors (Lipinski definition) is 0. The summed E-state index contributed by atoms with van der Waals surface area (Å²) in [6.45, 7) is 9.17. The lowest BCUT2D eigenvalue weighted by molar-refractivity contribution is 0.660. The van der Waals surface area contributed by atoms with Gasteiger partial charge in [0.25, 0.3) is 0 Å². The van der Waals surface area contributed by atoms with Crippen LogP contribution >= 0.6 is 0 Å². The Kier molecular flexibility index (Phi) is 6.70. The molecule has 0 spiro atoms. The van der Waals surface area contributed by atoms with Crippen molar-refractivity contribution >= 4 is 40.1 Å². The quantitative estimate of drug-likeness (QED) is 0.160. The molecule has 3 heteroatoms. The third-order valence-electron chi connectivity index (χ3n) is 12.4. The van der Waals surface area contributed by atoms with Gasteiger partial charge in [-0.05, 0) is 117 Å². The lowest BCUT2D eigenvalue weighted by Crippen LogP contribution is -2.15. The van der Waals surface area contributed by atoms with Crippen LogP contribution in [-0.4, -0.2) is 12.4 Å². The molecule has 1 aromatic heterocycles. The number of aliphatic imine (C=N–C) groups is 2. The number of furan rings is 1. The van der Waals surface area contributed by atoms with Crippen molar-refractivity contribution < 1.29 is 4.42 Å². The van der Waals surface area contributed by atoms with Crippen molar-refractivity contribution in [3.05, 3.63) is 185 Å². The summed E-state index contributed by atoms with van der Waals surface area (Å²) in [6, 6.07) is 52.7. The van der Waals surface area contributed by atoms with Crippen LogP contribution in [0, 0.1) is 0 Å². The zero-order chi connectivity index (χ0) is 36.1. The summed E-state index contributed by atoms with van der Waals surface area (Å²) in [4.78, 5) is 9.93. The first kappa shape index (κ1) is 31.2. The summed E-state index contributed by atoms with van der Waals surface area (Å²) >= 11 is 0. The minimum Gasteiger partial charge on any atom is -0.456 e. The average molecular weight is 695 g/mol. The maximum Gasteiger partial charge on any atom is 0.136 e. The number of nitrogens with zero attached hydrogens (tertiary/aromatic N) is 2. The van der Waals surface area contributed by atoms with E-state index in [2.05, 4.69) is 135 Å². The molecule has 3 aliphatic rings. The van der Waals surface area contributed by atoms with Crippen LogP contribution in [0.15, 0.2) is 160 Å². The number of rotatable bonds is 6. The van der Waals surface area contributed by atoms with Gasteiger partial charge in [-0.2, -0.15) is 0 Å². The van der Waals surface area contributed by atoms with E-state index < -0.39 is 0 Å². The molecule has 54 heavy (non-hydrogen) atoms. The first-order chi connectivity index (χ1) is 26.5. The van der Waals surface area contributed by atoms with Gasteiger partial charge in [-0.15, -0.1) is 0 Å². The maximum atomic E-state index is 6.32. The van der Waals surface area contributed by atoms with Gasteiger partial charge in [0.15, 0.2) is 0 Å². The highest BCUT2D eigenvalue weighted by Gasteiger charge is 2.45. The lowest BCUT2D eigenvalue weighted by Gasteiger charge is -2.23. The zero-order valence-corrected chi connectivity index (χ0v) is 30.4. The minimum atomic E-state index is -0.161. The number of fused-ring (bicyclic) bond motifs is 12. The van der Waals surface area contributed by atoms with Crippen LogP contribution in [0.4, 0.5) is 5.69 Å². The molecule has 7 aromatic carbocycles. The Bertz CT molecular complexity index is 2910. The van der Waals surface area contributed by atoms with Crippen LogP contribution in [0.2, 0.25) is 0 Å². The molecule has 2 atom stereocenters. The summed E-state index contributed by atoms with van der Waals surface area (Å²) < 4.78 is 6.32. The number of benzene rings is 7. The maximum absolute atomic E-state index is 6.32. The second-order valence-corrected chi connectivity index (χ2v) is 15.7. The highest BCUT2D eigenvalue weighted by atomic mass is 16.3. The van der Waals surface area contributed by atoms with E-state index in [-0.39, 0.29) is 5.41 Å². The van der Waals surface area contributed by atoms with E-state index in [9.17, 15) is 0 Å². The van der Waals surface area contributed by atoms with Gasteiger partial charge in [-0.25, -0.2) is 0 Å². The Morgan fingerprint density at radius 1 is 0.648 bits per heavy atom. The van der Waals surface area contributed by atoms with Crippen molar-refractivity contribution in [1.82, 2.24) is 0 Å². The van der Waals surface area contributed by atoms with Crippen molar-refractivity contribution in [1.29, 1.82) is 0 Å². The van der Waals surface area contributed by atoms with Gasteiger partial charge < -0.3 is 4.42 Å². The van der Waals surface area contributed by atoms with Crippen LogP contribution in [0.3, 0.4) is 0 Å². The molecule has 0 radical (unpaired) electrons. The molecule has 0 amide bonds. The first-order valence-corrected chi connectivity index (χ1v) is 19.0. The summed E-state index contributed by atoms with van der Waals surface area (Å²) in [5.74, 6) is 1.37. The van der Waals surface area contributed by atoms with Gasteiger partial charge in [-0.1, -0.05) is 129 Å². The number of para-hydroxylation sites is 2. The van der Waals surface area contributed by atoms with Crippen LogP contribution in [-0.2, 0) is 12.0 Å². The van der Waals surface area contributed by atoms with Gasteiger partial charge in [0.1, 0.15) is 11.2 Å². The fourth-order valence-corrected chi connectivity index (χ4v) is 9.68. The van der Waals surface area contributed by atoms with Crippen molar-refractivity contribution in [3.63, 3.8) is 0 Å². The lowest BCUT2D eigenvalue weighted by atomic mass is 9.80. The third kappa shape index (κ3) is 4.54. The van der Waals surface area contributed by atoms with Crippen LogP contribution < -0.4 is 0 Å². The highest BCUT2D eigenvalue weighted by Crippen LogP contribution is 2.62. The van der Waals surface area contributed by atoms with Crippen LogP contribution in [0.5, 0.6) is 0 Å². The third-order valence-corrected chi connectivity index (χ3v) is 12.4. The Morgan fingerprint density at radius 3 is 2.28 bits per heavy atom. The molecule has 0 saturated heterocycles. The largest absolute Gasteiger partial charge is 0.456 e. The van der Waals surface area contributed by atoms with E-state index in [1.165, 1.54) is 67.6 Å². The zero-order valence-electron chi connectivity index (χ0n) is 30.4. The standard InChI is InChI=1S/C51H38N2O/c1-51(2)43-18-10-12-32(29-53-50(37-15-6-8-19-45(37)52-3)39-17-11-21-47-49(39)38-16-7-9-20-46(38)54-47)48(43)36-25-23-31(27-44(36)51)30-22-24-35-40(26-30)33-13-4-5-14-34(33)41-28-42(35)41/h4-27,41-42H,3,28-29H2,1-2H3. The predicted molar refractivity (Wildman–Crippen MR) is 224 cm³/mol. The molecule has 8 aromatic rings. The highest BCUT2D eigenvalue weighted by molar-refractivity contribution is 6.25. The monoisotopic (exact) mass is 694 g/mol. The van der Waals surface area contributed by atoms with Crippen molar-refractivity contribution in [3.8, 4) is 33.4 Å². The van der Waals surface area contributed by atoms with Gasteiger partial charge in [0, 0.05) is 27.3 Å². The molecule has 3 aliphatic carbocycles.